The van der Waals surface area contributed by atoms with Crippen LogP contribution in [0.4, 0.5) is 13.2 Å². The third-order valence-electron chi connectivity index (χ3n) is 5.38. The molecule has 0 amide bonds. The molecule has 172 valence electrons. The number of aryl methyl sites for hydroxylation is 1. The number of esters is 1. The average molecular weight is 498 g/mol. The molecule has 2 nitrogen and oxygen atoms in total. The summed E-state index contributed by atoms with van der Waals surface area (Å²) in [6.45, 7) is 3.61. The Kier molecular flexibility index (Phi) is 6.48. The van der Waals surface area contributed by atoms with Gasteiger partial charge in [0.25, 0.3) is 0 Å². The van der Waals surface area contributed by atoms with E-state index in [4.69, 9.17) is 11.2 Å². The SMILES string of the molecule is C#CC(C)(OC(=O)c1cccc(-[s+]2cc(C)c3ccccc32)c1)c1ccc(SC(F)(F)F)cc1. The van der Waals surface area contributed by atoms with Crippen LogP contribution in [0.2, 0.25) is 0 Å². The predicted molar refractivity (Wildman–Crippen MR) is 132 cm³/mol. The van der Waals surface area contributed by atoms with E-state index in [0.29, 0.717) is 11.1 Å². The third-order valence-corrected chi connectivity index (χ3v) is 8.30. The Morgan fingerprint density at radius 1 is 1.03 bits per heavy atom. The molecule has 0 fully saturated rings. The van der Waals surface area contributed by atoms with E-state index in [9.17, 15) is 18.0 Å². The molecule has 0 saturated heterocycles. The first-order valence-corrected chi connectivity index (χ1v) is 12.4. The van der Waals surface area contributed by atoms with Crippen molar-refractivity contribution in [2.45, 2.75) is 29.9 Å². The fourth-order valence-corrected chi connectivity index (χ4v) is 6.34. The van der Waals surface area contributed by atoms with Gasteiger partial charge in [-0.25, -0.2) is 4.79 Å². The summed E-state index contributed by atoms with van der Waals surface area (Å²) in [6.07, 6.45) is 5.68. The summed E-state index contributed by atoms with van der Waals surface area (Å²) in [4.78, 5) is 14.0. The Morgan fingerprint density at radius 3 is 2.41 bits per heavy atom. The molecule has 1 aromatic heterocycles. The van der Waals surface area contributed by atoms with E-state index in [-0.39, 0.29) is 27.1 Å². The minimum absolute atomic E-state index is 0.0239. The molecule has 34 heavy (non-hydrogen) atoms. The van der Waals surface area contributed by atoms with E-state index >= 15 is 0 Å². The van der Waals surface area contributed by atoms with Crippen LogP contribution in [0.5, 0.6) is 0 Å². The number of rotatable bonds is 5. The number of benzene rings is 3. The smallest absolute Gasteiger partial charge is 0.438 e. The molecule has 0 spiro atoms. The fraction of sp³-hybridized carbons (Fsp3) is 0.148. The number of terminal acetylenes is 1. The lowest BCUT2D eigenvalue weighted by molar-refractivity contribution is -0.0328. The van der Waals surface area contributed by atoms with Gasteiger partial charge in [-0.15, -0.1) is 6.42 Å². The Bertz CT molecular complexity index is 1400. The summed E-state index contributed by atoms with van der Waals surface area (Å²) < 4.78 is 44.7. The molecule has 0 aliphatic rings. The number of alkyl halides is 3. The highest BCUT2D eigenvalue weighted by atomic mass is 32.2. The Balaban J connectivity index is 1.60. The van der Waals surface area contributed by atoms with Crippen molar-refractivity contribution in [3.05, 3.63) is 94.9 Å². The maximum atomic E-state index is 13.0. The lowest BCUT2D eigenvalue weighted by Crippen LogP contribution is -2.27. The van der Waals surface area contributed by atoms with Gasteiger partial charge in [0.2, 0.25) is 0 Å². The van der Waals surface area contributed by atoms with Crippen molar-refractivity contribution in [2.75, 3.05) is 0 Å². The molecule has 2 atom stereocenters. The second-order valence-electron chi connectivity index (χ2n) is 7.80. The van der Waals surface area contributed by atoms with Gasteiger partial charge in [0.1, 0.15) is 5.38 Å². The van der Waals surface area contributed by atoms with Crippen LogP contribution in [0.3, 0.4) is 0 Å². The van der Waals surface area contributed by atoms with Crippen molar-refractivity contribution in [3.8, 4) is 17.2 Å². The van der Waals surface area contributed by atoms with Gasteiger partial charge >= 0.3 is 11.5 Å². The first kappa shape index (κ1) is 23.9. The maximum absolute atomic E-state index is 13.0. The standard InChI is InChI=1S/C27H20F3O2S2/c1-4-26(3,20-12-14-21(15-13-20)33-27(28,29)30)32-25(31)19-8-7-9-22(16-19)34-17-18(2)23-10-5-6-11-24(23)34/h1,5-17H,2-3H3/q+1. The van der Waals surface area contributed by atoms with Gasteiger partial charge in [0, 0.05) is 37.9 Å². The molecule has 0 aliphatic carbocycles. The zero-order valence-corrected chi connectivity index (χ0v) is 20.0. The normalized spacial score (nSPS) is 13.8. The van der Waals surface area contributed by atoms with Gasteiger partial charge in [-0.1, -0.05) is 36.3 Å². The second-order valence-corrected chi connectivity index (χ2v) is 10.8. The Hall–Kier alpha value is -3.21. The van der Waals surface area contributed by atoms with Crippen LogP contribution in [0.15, 0.2) is 83.1 Å². The summed E-state index contributed by atoms with van der Waals surface area (Å²) in [6, 6.07) is 20.9. The van der Waals surface area contributed by atoms with Crippen molar-refractivity contribution in [3.63, 3.8) is 0 Å². The van der Waals surface area contributed by atoms with Crippen LogP contribution in [-0.2, 0) is 10.3 Å². The molecule has 1 heterocycles. The van der Waals surface area contributed by atoms with E-state index in [1.165, 1.54) is 39.9 Å². The quantitative estimate of drug-likeness (QED) is 0.120. The largest absolute Gasteiger partial charge is 0.446 e. The number of carbonyl (C=O) groups is 1. The van der Waals surface area contributed by atoms with Crippen molar-refractivity contribution >= 4 is 38.3 Å². The zero-order valence-electron chi connectivity index (χ0n) is 18.3. The van der Waals surface area contributed by atoms with E-state index in [1.807, 2.05) is 18.2 Å². The van der Waals surface area contributed by atoms with Crippen molar-refractivity contribution in [1.29, 1.82) is 0 Å². The summed E-state index contributed by atoms with van der Waals surface area (Å²) in [5.74, 6) is 1.87. The molecular formula is C27H20F3O2S2+. The second kappa shape index (κ2) is 9.21. The predicted octanol–water partition coefficient (Wildman–Crippen LogP) is 8.20. The maximum Gasteiger partial charge on any atom is 0.446 e. The monoisotopic (exact) mass is 497 g/mol. The summed E-state index contributed by atoms with van der Waals surface area (Å²) in [7, 11) is -0.299. The van der Waals surface area contributed by atoms with Gasteiger partial charge in [-0.3, -0.25) is 0 Å². The number of carbonyl (C=O) groups excluding carboxylic acids is 1. The third kappa shape index (κ3) is 4.98. The summed E-state index contributed by atoms with van der Waals surface area (Å²) >= 11 is -0.216. The number of ether oxygens (including phenoxy) is 1. The number of hydrogen-bond acceptors (Lipinski definition) is 3. The Labute approximate surface area is 202 Å². The molecule has 0 radical (unpaired) electrons. The first-order valence-electron chi connectivity index (χ1n) is 10.3. The van der Waals surface area contributed by atoms with E-state index in [0.717, 1.165) is 4.90 Å². The van der Waals surface area contributed by atoms with Crippen LogP contribution in [0, 0.1) is 19.3 Å². The molecule has 0 bridgehead atoms. The molecule has 7 heteroatoms. The highest BCUT2D eigenvalue weighted by Gasteiger charge is 2.32. The van der Waals surface area contributed by atoms with Crippen molar-refractivity contribution < 1.29 is 22.7 Å². The molecule has 0 N–H and O–H groups in total. The number of halogens is 3. The van der Waals surface area contributed by atoms with E-state index in [2.05, 4.69) is 30.4 Å². The zero-order chi connectivity index (χ0) is 24.5. The van der Waals surface area contributed by atoms with E-state index in [1.54, 1.807) is 25.1 Å². The number of thioether (sulfide) groups is 1. The van der Waals surface area contributed by atoms with Gasteiger partial charge in [-0.2, -0.15) is 13.2 Å². The van der Waals surface area contributed by atoms with Crippen LogP contribution < -0.4 is 0 Å². The molecule has 4 aromatic rings. The summed E-state index contributed by atoms with van der Waals surface area (Å²) in [5, 5.41) is 3.40. The van der Waals surface area contributed by atoms with Gasteiger partial charge in [0.05, 0.1) is 5.56 Å². The number of hydrogen-bond donors (Lipinski definition) is 0. The van der Waals surface area contributed by atoms with Crippen molar-refractivity contribution in [2.24, 2.45) is 0 Å². The van der Waals surface area contributed by atoms with Gasteiger partial charge < -0.3 is 4.74 Å². The van der Waals surface area contributed by atoms with E-state index < -0.39 is 17.1 Å². The topological polar surface area (TPSA) is 26.3 Å². The van der Waals surface area contributed by atoms with Crippen LogP contribution in [-0.4, -0.2) is 11.5 Å². The molecule has 0 aliphatic heterocycles. The molecule has 4 rings (SSSR count). The Morgan fingerprint density at radius 2 is 1.74 bits per heavy atom. The summed E-state index contributed by atoms with van der Waals surface area (Å²) in [5.41, 5.74) is -3.86. The minimum atomic E-state index is -4.39. The van der Waals surface area contributed by atoms with Crippen molar-refractivity contribution in [1.82, 2.24) is 0 Å². The average Bonchev–Trinajstić information content (AvgIpc) is 3.15. The number of fused-ring (bicyclic) bond motifs is 1. The molecule has 3 aromatic carbocycles. The molecule has 0 saturated carbocycles. The van der Waals surface area contributed by atoms with Gasteiger partial charge in [0.15, 0.2) is 15.2 Å². The lowest BCUT2D eigenvalue weighted by Gasteiger charge is -2.24. The highest BCUT2D eigenvalue weighted by molar-refractivity contribution is 8.00. The highest BCUT2D eigenvalue weighted by Crippen LogP contribution is 2.42. The van der Waals surface area contributed by atoms with Gasteiger partial charge in [-0.05, 0) is 62.0 Å². The first-order chi connectivity index (χ1) is 16.1. The number of thiophene rings is 1. The van der Waals surface area contributed by atoms with Crippen LogP contribution in [0.1, 0.15) is 28.4 Å². The van der Waals surface area contributed by atoms with Crippen LogP contribution >= 0.6 is 22.2 Å². The minimum Gasteiger partial charge on any atom is -0.438 e. The molecule has 2 unspecified atom stereocenters. The van der Waals surface area contributed by atoms with Crippen LogP contribution in [0.25, 0.3) is 15.0 Å². The molecular weight excluding hydrogens is 477 g/mol. The lowest BCUT2D eigenvalue weighted by atomic mass is 9.96. The fourth-order valence-electron chi connectivity index (χ4n) is 3.63.